The summed E-state index contributed by atoms with van der Waals surface area (Å²) in [6.07, 6.45) is 1.02. The zero-order chi connectivity index (χ0) is 18.8. The molecule has 1 aliphatic carbocycles. The number of hydrogen-bond acceptors (Lipinski definition) is 5. The van der Waals surface area contributed by atoms with Crippen molar-refractivity contribution in [3.8, 4) is 5.75 Å². The van der Waals surface area contributed by atoms with Gasteiger partial charge in [-0.05, 0) is 25.8 Å². The van der Waals surface area contributed by atoms with Gasteiger partial charge in [0, 0.05) is 24.7 Å². The largest absolute Gasteiger partial charge is 0.511 e. The number of nitrogens with zero attached hydrogens (tertiary/aromatic N) is 2. The molecule has 0 bridgehead atoms. The van der Waals surface area contributed by atoms with Crippen LogP contribution in [0.2, 0.25) is 0 Å². The molecule has 2 heterocycles. The smallest absolute Gasteiger partial charge is 0.449 e. The Morgan fingerprint density at radius 2 is 2.04 bits per heavy atom. The summed E-state index contributed by atoms with van der Waals surface area (Å²) in [6, 6.07) is 0.855. The van der Waals surface area contributed by atoms with Gasteiger partial charge in [0.15, 0.2) is 11.6 Å². The van der Waals surface area contributed by atoms with E-state index >= 15 is 4.39 Å². The average molecular weight is 365 g/mol. The van der Waals surface area contributed by atoms with Crippen molar-refractivity contribution in [1.29, 1.82) is 0 Å². The first-order valence-corrected chi connectivity index (χ1v) is 8.19. The normalized spacial score (nSPS) is 18.7. The Labute approximate surface area is 146 Å². The van der Waals surface area contributed by atoms with Crippen LogP contribution in [0.25, 0.3) is 10.9 Å². The second-order valence-corrected chi connectivity index (χ2v) is 7.26. The minimum absolute atomic E-state index is 0.0442. The van der Waals surface area contributed by atoms with E-state index in [1.54, 1.807) is 6.92 Å². The topological polar surface area (TPSA) is 97.8 Å². The monoisotopic (exact) mass is 365 g/mol. The van der Waals surface area contributed by atoms with Crippen molar-refractivity contribution in [2.45, 2.75) is 31.3 Å². The third-order valence-electron chi connectivity index (χ3n) is 4.71. The Bertz CT molecular complexity index is 990. The Morgan fingerprint density at radius 3 is 2.58 bits per heavy atom. The molecule has 1 aliphatic heterocycles. The Hall–Kier alpha value is -2.68. The fraction of sp³-hybridized carbons (Fsp3) is 0.412. The number of benzene rings is 1. The molecule has 0 radical (unpaired) electrons. The van der Waals surface area contributed by atoms with Gasteiger partial charge in [0.2, 0.25) is 5.43 Å². The lowest BCUT2D eigenvalue weighted by molar-refractivity contribution is 0.143. The number of aromatic nitrogens is 1. The highest BCUT2D eigenvalue weighted by molar-refractivity contribution is 5.86. The highest BCUT2D eigenvalue weighted by atomic mass is 19.1. The first-order chi connectivity index (χ1) is 12.2. The lowest BCUT2D eigenvalue weighted by Gasteiger charge is -2.47. The van der Waals surface area contributed by atoms with Gasteiger partial charge in [0.05, 0.1) is 17.1 Å². The second kappa shape index (κ2) is 5.41. The minimum atomic E-state index is -1.66. The molecule has 0 atom stereocenters. The molecule has 0 spiro atoms. The molecule has 1 saturated carbocycles. The van der Waals surface area contributed by atoms with Crippen LogP contribution in [-0.4, -0.2) is 34.5 Å². The first kappa shape index (κ1) is 16.8. The van der Waals surface area contributed by atoms with Crippen molar-refractivity contribution < 1.29 is 23.4 Å². The van der Waals surface area contributed by atoms with Crippen molar-refractivity contribution >= 4 is 22.7 Å². The summed E-state index contributed by atoms with van der Waals surface area (Å²) in [5, 5.41) is 8.54. The van der Waals surface area contributed by atoms with Crippen molar-refractivity contribution in [2.24, 2.45) is 5.73 Å². The summed E-state index contributed by atoms with van der Waals surface area (Å²) in [5.74, 6) is -2.21. The van der Waals surface area contributed by atoms with Crippen LogP contribution >= 0.6 is 0 Å². The SMILES string of the molecule is CC1(N)CN(c2c(F)cc3c(=O)c(OC(=O)O)cn(C4CC4)c3c2F)C1. The summed E-state index contributed by atoms with van der Waals surface area (Å²) in [7, 11) is 0. The zero-order valence-electron chi connectivity index (χ0n) is 14.0. The lowest BCUT2D eigenvalue weighted by Crippen LogP contribution is -2.66. The molecule has 1 saturated heterocycles. The van der Waals surface area contributed by atoms with Crippen LogP contribution in [0.1, 0.15) is 25.8 Å². The molecule has 0 unspecified atom stereocenters. The van der Waals surface area contributed by atoms with E-state index in [9.17, 15) is 14.0 Å². The molecule has 2 aromatic rings. The number of anilines is 1. The van der Waals surface area contributed by atoms with Gasteiger partial charge < -0.3 is 25.0 Å². The summed E-state index contributed by atoms with van der Waals surface area (Å²) >= 11 is 0. The first-order valence-electron chi connectivity index (χ1n) is 8.19. The van der Waals surface area contributed by atoms with Crippen LogP contribution in [0.3, 0.4) is 0 Å². The molecule has 3 N–H and O–H groups in total. The molecule has 4 rings (SSSR count). The third-order valence-corrected chi connectivity index (χ3v) is 4.71. The summed E-state index contributed by atoms with van der Waals surface area (Å²) in [4.78, 5) is 24.8. The molecule has 0 amide bonds. The minimum Gasteiger partial charge on any atom is -0.449 e. The molecule has 26 heavy (non-hydrogen) atoms. The molecule has 2 fully saturated rings. The highest BCUT2D eigenvalue weighted by Crippen LogP contribution is 2.41. The fourth-order valence-corrected chi connectivity index (χ4v) is 3.49. The van der Waals surface area contributed by atoms with Gasteiger partial charge in [0.25, 0.3) is 0 Å². The maximum Gasteiger partial charge on any atom is 0.511 e. The lowest BCUT2D eigenvalue weighted by atomic mass is 9.92. The quantitative estimate of drug-likeness (QED) is 0.810. The predicted molar refractivity (Wildman–Crippen MR) is 89.9 cm³/mol. The van der Waals surface area contributed by atoms with E-state index in [2.05, 4.69) is 4.74 Å². The van der Waals surface area contributed by atoms with Crippen molar-refractivity contribution in [1.82, 2.24) is 4.57 Å². The standard InChI is InChI=1S/C17H17F2N3O4/c1-17(20)6-21(7-17)14-10(18)4-9-13(12(14)19)22(8-2-3-8)5-11(15(9)23)26-16(24)25/h4-5,8H,2-3,6-7,20H2,1H3,(H,24,25). The predicted octanol–water partition coefficient (Wildman–Crippen LogP) is 2.21. The summed E-state index contributed by atoms with van der Waals surface area (Å²) < 4.78 is 35.8. The van der Waals surface area contributed by atoms with Gasteiger partial charge in [-0.3, -0.25) is 4.79 Å². The van der Waals surface area contributed by atoms with E-state index in [4.69, 9.17) is 10.8 Å². The zero-order valence-corrected chi connectivity index (χ0v) is 14.0. The molecule has 9 heteroatoms. The van der Waals surface area contributed by atoms with Gasteiger partial charge in [-0.25, -0.2) is 13.6 Å². The Kier molecular flexibility index (Phi) is 3.49. The second-order valence-electron chi connectivity index (χ2n) is 7.26. The molecular weight excluding hydrogens is 348 g/mol. The van der Waals surface area contributed by atoms with Gasteiger partial charge >= 0.3 is 6.16 Å². The molecule has 1 aromatic heterocycles. The van der Waals surface area contributed by atoms with Crippen LogP contribution in [0.15, 0.2) is 17.1 Å². The van der Waals surface area contributed by atoms with Crippen LogP contribution in [-0.2, 0) is 0 Å². The number of ether oxygens (including phenoxy) is 1. The van der Waals surface area contributed by atoms with Crippen LogP contribution in [0, 0.1) is 11.6 Å². The molecule has 2 aliphatic rings. The summed E-state index contributed by atoms with van der Waals surface area (Å²) in [6.45, 7) is 2.37. The van der Waals surface area contributed by atoms with Crippen LogP contribution in [0.5, 0.6) is 5.75 Å². The van der Waals surface area contributed by atoms with E-state index in [-0.39, 0.29) is 22.6 Å². The van der Waals surface area contributed by atoms with Crippen LogP contribution < -0.4 is 20.8 Å². The molecule has 138 valence electrons. The number of carboxylic acid groups (broad SMARTS) is 1. The van der Waals surface area contributed by atoms with E-state index in [1.165, 1.54) is 15.7 Å². The highest BCUT2D eigenvalue weighted by Gasteiger charge is 2.39. The molecular formula is C17H17F2N3O4. The van der Waals surface area contributed by atoms with E-state index in [1.807, 2.05) is 0 Å². The van der Waals surface area contributed by atoms with Gasteiger partial charge in [-0.2, -0.15) is 0 Å². The van der Waals surface area contributed by atoms with E-state index in [0.717, 1.165) is 18.9 Å². The van der Waals surface area contributed by atoms with Gasteiger partial charge in [-0.15, -0.1) is 0 Å². The number of rotatable bonds is 3. The van der Waals surface area contributed by atoms with Crippen molar-refractivity contribution in [2.75, 3.05) is 18.0 Å². The maximum absolute atomic E-state index is 15.2. The number of hydrogen-bond donors (Lipinski definition) is 2. The number of nitrogens with two attached hydrogens (primary N) is 1. The molecule has 1 aromatic carbocycles. The van der Waals surface area contributed by atoms with Crippen molar-refractivity contribution in [3.63, 3.8) is 0 Å². The van der Waals surface area contributed by atoms with Gasteiger partial charge in [-0.1, -0.05) is 0 Å². The van der Waals surface area contributed by atoms with E-state index < -0.39 is 34.5 Å². The maximum atomic E-state index is 15.2. The number of fused-ring (bicyclic) bond motifs is 1. The number of pyridine rings is 1. The van der Waals surface area contributed by atoms with E-state index in [0.29, 0.717) is 13.1 Å². The fourth-order valence-electron chi connectivity index (χ4n) is 3.49. The Morgan fingerprint density at radius 1 is 1.38 bits per heavy atom. The number of halogens is 2. The van der Waals surface area contributed by atoms with Gasteiger partial charge in [0.1, 0.15) is 11.5 Å². The van der Waals surface area contributed by atoms with Crippen molar-refractivity contribution in [3.05, 3.63) is 34.1 Å². The molecule has 7 nitrogen and oxygen atoms in total. The van der Waals surface area contributed by atoms with Crippen LogP contribution in [0.4, 0.5) is 19.3 Å². The number of carbonyl (C=O) groups is 1. The third kappa shape index (κ3) is 2.59. The average Bonchev–Trinajstić information content (AvgIpc) is 3.32. The summed E-state index contributed by atoms with van der Waals surface area (Å²) in [5.41, 5.74) is 4.27. The Balaban J connectivity index is 1.95.